The van der Waals surface area contributed by atoms with Gasteiger partial charge in [0.05, 0.1) is 16.0 Å². The molecule has 0 bridgehead atoms. The molecular weight excluding hydrogens is 422 g/mol. The number of nitro groups is 1. The van der Waals surface area contributed by atoms with Crippen molar-refractivity contribution in [1.29, 1.82) is 0 Å². The van der Waals surface area contributed by atoms with Gasteiger partial charge in [-0.1, -0.05) is 13.8 Å². The molecule has 8 nitrogen and oxygen atoms in total. The predicted molar refractivity (Wildman–Crippen MR) is 128 cm³/mol. The van der Waals surface area contributed by atoms with Gasteiger partial charge in [0.15, 0.2) is 0 Å². The number of hydrogen-bond acceptors (Lipinski definition) is 5. The lowest BCUT2D eigenvalue weighted by atomic mass is 9.92. The highest BCUT2D eigenvalue weighted by Gasteiger charge is 2.37. The number of nitro benzene ring substituents is 1. The highest BCUT2D eigenvalue weighted by Crippen LogP contribution is 2.38. The largest absolute Gasteiger partial charge is 0.490 e. The summed E-state index contributed by atoms with van der Waals surface area (Å²) in [6.07, 6.45) is 3.80. The summed E-state index contributed by atoms with van der Waals surface area (Å²) in [4.78, 5) is 37.5. The second kappa shape index (κ2) is 9.85. The van der Waals surface area contributed by atoms with E-state index in [-0.39, 0.29) is 24.1 Å². The Morgan fingerprint density at radius 2 is 1.94 bits per heavy atom. The number of amides is 2. The van der Waals surface area contributed by atoms with E-state index < -0.39 is 10.3 Å². The van der Waals surface area contributed by atoms with E-state index in [2.05, 4.69) is 19.2 Å². The van der Waals surface area contributed by atoms with E-state index in [0.717, 1.165) is 6.42 Å². The Kier molecular flexibility index (Phi) is 7.16. The number of rotatable bonds is 7. The molecule has 8 heteroatoms. The van der Waals surface area contributed by atoms with Crippen molar-refractivity contribution >= 4 is 35.0 Å². The van der Waals surface area contributed by atoms with E-state index in [1.807, 2.05) is 13.8 Å². The lowest BCUT2D eigenvalue weighted by molar-refractivity contribution is -0.384. The van der Waals surface area contributed by atoms with Crippen molar-refractivity contribution in [3.63, 3.8) is 0 Å². The highest BCUT2D eigenvalue weighted by atomic mass is 16.6. The third kappa shape index (κ3) is 5.97. The Hall–Kier alpha value is -3.68. The summed E-state index contributed by atoms with van der Waals surface area (Å²) < 4.78 is 5.97. The van der Waals surface area contributed by atoms with Gasteiger partial charge in [-0.3, -0.25) is 19.7 Å². The van der Waals surface area contributed by atoms with Crippen molar-refractivity contribution in [2.45, 2.75) is 34.1 Å². The van der Waals surface area contributed by atoms with Crippen molar-refractivity contribution in [2.24, 2.45) is 11.3 Å². The lowest BCUT2D eigenvalue weighted by Crippen LogP contribution is -2.42. The van der Waals surface area contributed by atoms with Gasteiger partial charge < -0.3 is 15.0 Å². The molecule has 0 atom stereocenters. The molecule has 1 heterocycles. The van der Waals surface area contributed by atoms with Crippen LogP contribution in [0.1, 0.15) is 39.7 Å². The number of anilines is 2. The maximum Gasteiger partial charge on any atom is 0.269 e. The van der Waals surface area contributed by atoms with Gasteiger partial charge >= 0.3 is 0 Å². The van der Waals surface area contributed by atoms with Crippen LogP contribution in [0.4, 0.5) is 17.1 Å². The smallest absolute Gasteiger partial charge is 0.269 e. The fraction of sp³-hybridized carbons (Fsp3) is 0.360. The lowest BCUT2D eigenvalue weighted by Gasteiger charge is -2.28. The van der Waals surface area contributed by atoms with Crippen molar-refractivity contribution in [3.05, 3.63) is 64.2 Å². The van der Waals surface area contributed by atoms with Gasteiger partial charge in [-0.2, -0.15) is 0 Å². The van der Waals surface area contributed by atoms with Gasteiger partial charge in [-0.25, -0.2) is 0 Å². The van der Waals surface area contributed by atoms with Crippen molar-refractivity contribution in [2.75, 3.05) is 23.4 Å². The zero-order valence-corrected chi connectivity index (χ0v) is 19.3. The number of carbonyl (C=O) groups excluding carboxylic acids is 2. The average Bonchev–Trinajstić information content (AvgIpc) is 2.85. The molecule has 0 aliphatic carbocycles. The minimum absolute atomic E-state index is 0.00863. The first-order valence-electron chi connectivity index (χ1n) is 10.9. The van der Waals surface area contributed by atoms with Gasteiger partial charge in [-0.05, 0) is 62.1 Å². The Bertz CT molecular complexity index is 1070. The maximum atomic E-state index is 13.1. The Morgan fingerprint density at radius 1 is 1.24 bits per heavy atom. The van der Waals surface area contributed by atoms with Crippen LogP contribution in [-0.4, -0.2) is 29.9 Å². The number of fused-ring (bicyclic) bond motifs is 1. The van der Waals surface area contributed by atoms with E-state index in [4.69, 9.17) is 4.74 Å². The summed E-state index contributed by atoms with van der Waals surface area (Å²) in [7, 11) is 0. The Balaban J connectivity index is 1.75. The number of carbonyl (C=O) groups is 2. The zero-order chi connectivity index (χ0) is 24.2. The number of hydrogen-bond donors (Lipinski definition) is 1. The summed E-state index contributed by atoms with van der Waals surface area (Å²) in [5.74, 6) is 0.671. The zero-order valence-electron chi connectivity index (χ0n) is 19.3. The maximum absolute atomic E-state index is 13.1. The summed E-state index contributed by atoms with van der Waals surface area (Å²) in [6, 6.07) is 11.2. The van der Waals surface area contributed by atoms with Crippen LogP contribution in [0, 0.1) is 21.4 Å². The molecule has 0 saturated heterocycles. The normalized spacial score (nSPS) is 15.2. The number of benzene rings is 2. The number of ether oxygens (including phenoxy) is 1. The fourth-order valence-corrected chi connectivity index (χ4v) is 3.40. The van der Waals surface area contributed by atoms with Gasteiger partial charge in [-0.15, -0.1) is 0 Å². The molecule has 1 aliphatic rings. The molecule has 0 spiro atoms. The number of nitrogens with zero attached hydrogens (tertiary/aromatic N) is 2. The number of nitrogens with one attached hydrogen (secondary N) is 1. The molecule has 3 rings (SSSR count). The third-order valence-corrected chi connectivity index (χ3v) is 5.39. The monoisotopic (exact) mass is 451 g/mol. The Morgan fingerprint density at radius 3 is 2.58 bits per heavy atom. The first kappa shape index (κ1) is 24.0. The van der Waals surface area contributed by atoms with Crippen molar-refractivity contribution in [1.82, 2.24) is 0 Å². The van der Waals surface area contributed by atoms with Crippen molar-refractivity contribution < 1.29 is 19.2 Å². The first-order chi connectivity index (χ1) is 15.6. The van der Waals surface area contributed by atoms with Crippen LogP contribution in [0.25, 0.3) is 6.08 Å². The van der Waals surface area contributed by atoms with E-state index in [1.54, 1.807) is 41.3 Å². The molecule has 174 valence electrons. The first-order valence-corrected chi connectivity index (χ1v) is 10.9. The van der Waals surface area contributed by atoms with E-state index in [0.29, 0.717) is 35.2 Å². The molecule has 0 saturated carbocycles. The Labute approximate surface area is 193 Å². The highest BCUT2D eigenvalue weighted by molar-refractivity contribution is 6.03. The quantitative estimate of drug-likeness (QED) is 0.361. The molecule has 2 aromatic carbocycles. The molecule has 2 amide bonds. The van der Waals surface area contributed by atoms with Crippen LogP contribution in [0.5, 0.6) is 5.75 Å². The second-order valence-electron chi connectivity index (χ2n) is 9.17. The molecule has 1 aliphatic heterocycles. The minimum atomic E-state index is -0.660. The summed E-state index contributed by atoms with van der Waals surface area (Å²) in [6.45, 7) is 8.82. The molecule has 0 radical (unpaired) electrons. The van der Waals surface area contributed by atoms with Gasteiger partial charge in [0.1, 0.15) is 12.4 Å². The van der Waals surface area contributed by atoms with E-state index in [9.17, 15) is 19.7 Å². The van der Waals surface area contributed by atoms with Gasteiger partial charge in [0, 0.05) is 36.5 Å². The SMILES string of the molecule is CC(C)CCN1C(=O)C(C)(C)COc2cc(NC(=O)/C=C/c3ccc([N+](=O)[O-])cc3)ccc21. The average molecular weight is 452 g/mol. The van der Waals surface area contributed by atoms with Crippen LogP contribution in [0.15, 0.2) is 48.5 Å². The van der Waals surface area contributed by atoms with Crippen LogP contribution in [-0.2, 0) is 9.59 Å². The molecular formula is C25H29N3O5. The molecule has 33 heavy (non-hydrogen) atoms. The molecule has 0 unspecified atom stereocenters. The fourth-order valence-electron chi connectivity index (χ4n) is 3.40. The van der Waals surface area contributed by atoms with Gasteiger partial charge in [0.2, 0.25) is 11.8 Å². The van der Waals surface area contributed by atoms with Crippen molar-refractivity contribution in [3.8, 4) is 5.75 Å². The molecule has 2 aromatic rings. The molecule has 0 fully saturated rings. The number of non-ortho nitro benzene ring substituents is 1. The molecule has 1 N–H and O–H groups in total. The third-order valence-electron chi connectivity index (χ3n) is 5.39. The predicted octanol–water partition coefficient (Wildman–Crippen LogP) is 5.04. The summed E-state index contributed by atoms with van der Waals surface area (Å²) in [5, 5.41) is 13.5. The van der Waals surface area contributed by atoms with Gasteiger partial charge in [0.25, 0.3) is 5.69 Å². The standard InChI is InChI=1S/C25H29N3O5/c1-17(2)13-14-27-21-11-8-19(15-22(21)33-16-25(3,4)24(27)30)26-23(29)12-7-18-5-9-20(10-6-18)28(31)32/h5-12,15,17H,13-14,16H2,1-4H3,(H,26,29)/b12-7+. The van der Waals surface area contributed by atoms with Crippen LogP contribution < -0.4 is 15.0 Å². The topological polar surface area (TPSA) is 102 Å². The summed E-state index contributed by atoms with van der Waals surface area (Å²) in [5.41, 5.74) is 1.24. The molecule has 0 aromatic heterocycles. The van der Waals surface area contributed by atoms with Crippen LogP contribution in [0.3, 0.4) is 0 Å². The van der Waals surface area contributed by atoms with E-state index in [1.165, 1.54) is 18.2 Å². The van der Waals surface area contributed by atoms with Crippen LogP contribution >= 0.6 is 0 Å². The van der Waals surface area contributed by atoms with E-state index >= 15 is 0 Å². The summed E-state index contributed by atoms with van der Waals surface area (Å²) >= 11 is 0. The van der Waals surface area contributed by atoms with Crippen LogP contribution in [0.2, 0.25) is 0 Å². The second-order valence-corrected chi connectivity index (χ2v) is 9.17. The minimum Gasteiger partial charge on any atom is -0.490 e.